The highest BCUT2D eigenvalue weighted by Crippen LogP contribution is 2.62. The zero-order chi connectivity index (χ0) is 19.2. The van der Waals surface area contributed by atoms with E-state index in [9.17, 15) is 9.59 Å². The molecule has 0 aromatic rings. The number of carbonyl (C=O) groups is 2. The summed E-state index contributed by atoms with van der Waals surface area (Å²) in [6.07, 6.45) is 4.48. The van der Waals surface area contributed by atoms with E-state index in [0.29, 0.717) is 36.7 Å². The van der Waals surface area contributed by atoms with E-state index in [1.165, 1.54) is 0 Å². The highest BCUT2D eigenvalue weighted by molar-refractivity contribution is 8.11. The summed E-state index contributed by atoms with van der Waals surface area (Å²) in [5, 5.41) is 0. The second-order valence-electron chi connectivity index (χ2n) is 5.29. The number of amides is 2. The predicted molar refractivity (Wildman–Crippen MR) is 111 cm³/mol. The van der Waals surface area contributed by atoms with Gasteiger partial charge in [0.2, 0.25) is 7.33 Å². The van der Waals surface area contributed by atoms with Crippen LogP contribution in [0.1, 0.15) is 12.8 Å². The van der Waals surface area contributed by atoms with Gasteiger partial charge in [-0.15, -0.1) is 46.4 Å². The van der Waals surface area contributed by atoms with Gasteiger partial charge in [0.05, 0.1) is 11.8 Å². The molecule has 0 aromatic carbocycles. The summed E-state index contributed by atoms with van der Waals surface area (Å²) in [7, 11) is 0. The van der Waals surface area contributed by atoms with Gasteiger partial charge in [-0.3, -0.25) is 0 Å². The van der Waals surface area contributed by atoms with Gasteiger partial charge in [-0.25, -0.2) is 9.59 Å². The van der Waals surface area contributed by atoms with Gasteiger partial charge in [0, 0.05) is 0 Å². The van der Waals surface area contributed by atoms with Gasteiger partial charge in [0.15, 0.2) is 9.67 Å². The van der Waals surface area contributed by atoms with Crippen LogP contribution in [0.4, 0.5) is 0 Å². The van der Waals surface area contributed by atoms with Crippen LogP contribution in [0.5, 0.6) is 0 Å². The monoisotopic (exact) mass is 544 g/mol. The molecule has 1 aliphatic carbocycles. The number of quaternary nitrogens is 1. The van der Waals surface area contributed by atoms with Crippen molar-refractivity contribution in [2.75, 3.05) is 0 Å². The molecule has 1 heterocycles. The standard InChI is InChI=1S/C12H10Cl8NO2S2/c13-9(14)11(17,18)24-21(25-12(19,20)10(15)16)7(22)5-3-1-2-4-6(5)8(21)23/h1-2,5-6,9-10H,3-4H2/q+1. The molecule has 0 saturated carbocycles. The predicted octanol–water partition coefficient (Wildman–Crippen LogP) is 6.62. The lowest BCUT2D eigenvalue weighted by Gasteiger charge is -2.33. The smallest absolute Gasteiger partial charge is 0.228 e. The van der Waals surface area contributed by atoms with Gasteiger partial charge in [-0.1, -0.05) is 61.8 Å². The summed E-state index contributed by atoms with van der Waals surface area (Å²) < 4.78 is -4.75. The van der Waals surface area contributed by atoms with Crippen molar-refractivity contribution in [3.8, 4) is 0 Å². The number of rotatable bonds is 6. The number of allylic oxidation sites excluding steroid dienone is 2. The van der Waals surface area contributed by atoms with Crippen LogP contribution in [0.3, 0.4) is 0 Å². The van der Waals surface area contributed by atoms with Crippen molar-refractivity contribution < 1.29 is 12.9 Å². The summed E-state index contributed by atoms with van der Waals surface area (Å²) in [4.78, 5) is 23.7. The average molecular weight is 548 g/mol. The van der Waals surface area contributed by atoms with Crippen molar-refractivity contribution in [3.05, 3.63) is 12.2 Å². The Kier molecular flexibility index (Phi) is 7.87. The Hall–Kier alpha value is 2.06. The number of hydrogen-bond donors (Lipinski definition) is 0. The molecule has 25 heavy (non-hydrogen) atoms. The number of alkyl halides is 8. The third-order valence-corrected chi connectivity index (χ3v) is 10.7. The van der Waals surface area contributed by atoms with Crippen molar-refractivity contribution >= 4 is 129 Å². The lowest BCUT2D eigenvalue weighted by molar-refractivity contribution is -0.479. The molecule has 1 fully saturated rings. The lowest BCUT2D eigenvalue weighted by atomic mass is 9.85. The molecule has 0 N–H and O–H groups in total. The van der Waals surface area contributed by atoms with E-state index in [4.69, 9.17) is 92.8 Å². The normalized spacial score (nSPS) is 26.6. The van der Waals surface area contributed by atoms with Gasteiger partial charge < -0.3 is 0 Å². The zero-order valence-electron chi connectivity index (χ0n) is 12.0. The molecular weight excluding hydrogens is 538 g/mol. The summed E-state index contributed by atoms with van der Waals surface area (Å²) in [5.74, 6) is -2.04. The van der Waals surface area contributed by atoms with Gasteiger partial charge in [-0.05, 0) is 12.8 Å². The van der Waals surface area contributed by atoms with Gasteiger partial charge in [0.25, 0.3) is 0 Å². The van der Waals surface area contributed by atoms with Crippen molar-refractivity contribution in [2.24, 2.45) is 11.8 Å². The van der Waals surface area contributed by atoms with E-state index >= 15 is 0 Å². The molecule has 3 nitrogen and oxygen atoms in total. The number of imide groups is 1. The zero-order valence-corrected chi connectivity index (χ0v) is 19.7. The van der Waals surface area contributed by atoms with Crippen LogP contribution in [0.25, 0.3) is 0 Å². The largest absolute Gasteiger partial charge is 0.348 e. The minimum Gasteiger partial charge on any atom is -0.228 e. The molecule has 2 unspecified atom stereocenters. The Labute approximate surface area is 193 Å². The molecular formula is C12H10Cl8NO2S2+. The minimum absolute atomic E-state index is 0.405. The number of carbonyl (C=O) groups excluding carboxylic acids is 2. The van der Waals surface area contributed by atoms with Gasteiger partial charge in [-0.2, -0.15) is 0 Å². The fourth-order valence-corrected chi connectivity index (χ4v) is 7.34. The van der Waals surface area contributed by atoms with Crippen LogP contribution in [0, 0.1) is 11.8 Å². The summed E-state index contributed by atoms with van der Waals surface area (Å²) in [6.45, 7) is 0. The van der Waals surface area contributed by atoms with Crippen LogP contribution in [0.2, 0.25) is 0 Å². The van der Waals surface area contributed by atoms with Crippen LogP contribution < -0.4 is 0 Å². The van der Waals surface area contributed by atoms with E-state index in [2.05, 4.69) is 0 Å². The molecule has 2 atom stereocenters. The maximum Gasteiger partial charge on any atom is 0.348 e. The van der Waals surface area contributed by atoms with Crippen molar-refractivity contribution in [1.29, 1.82) is 0 Å². The minimum atomic E-state index is -1.89. The van der Waals surface area contributed by atoms with Gasteiger partial charge >= 0.3 is 11.8 Å². The Morgan fingerprint density at radius 2 is 1.16 bits per heavy atom. The molecule has 1 aliphatic heterocycles. The van der Waals surface area contributed by atoms with E-state index < -0.39 is 43.9 Å². The third kappa shape index (κ3) is 4.63. The fourth-order valence-electron chi connectivity index (χ4n) is 2.53. The maximum absolute atomic E-state index is 13.1. The molecule has 13 heteroatoms. The molecule has 0 aromatic heterocycles. The lowest BCUT2D eigenvalue weighted by Crippen LogP contribution is -2.48. The van der Waals surface area contributed by atoms with Crippen molar-refractivity contribution in [2.45, 2.75) is 29.8 Å². The summed E-state index contributed by atoms with van der Waals surface area (Å²) in [5.41, 5.74) is 0. The number of hydrogen-bond acceptors (Lipinski definition) is 4. The first kappa shape index (κ1) is 23.3. The van der Waals surface area contributed by atoms with Crippen molar-refractivity contribution in [1.82, 2.24) is 0 Å². The van der Waals surface area contributed by atoms with Crippen LogP contribution >= 0.6 is 117 Å². The molecule has 0 bridgehead atoms. The Balaban J connectivity index is 2.50. The van der Waals surface area contributed by atoms with Crippen LogP contribution in [-0.4, -0.2) is 32.1 Å². The maximum atomic E-state index is 13.1. The molecule has 0 spiro atoms. The van der Waals surface area contributed by atoms with Crippen LogP contribution in [0.15, 0.2) is 12.2 Å². The summed E-state index contributed by atoms with van der Waals surface area (Å²) >= 11 is 48.9. The molecule has 2 aliphatic rings. The van der Waals surface area contributed by atoms with Crippen LogP contribution in [-0.2, 0) is 9.59 Å². The highest BCUT2D eigenvalue weighted by atomic mass is 35.6. The molecule has 2 amide bonds. The van der Waals surface area contributed by atoms with Gasteiger partial charge in [0.1, 0.15) is 23.9 Å². The third-order valence-electron chi connectivity index (χ3n) is 3.66. The second-order valence-corrected chi connectivity index (χ2v) is 14.1. The first-order valence-corrected chi connectivity index (χ1v) is 11.5. The molecule has 2 rings (SSSR count). The number of nitrogens with zero attached hydrogens (tertiary/aromatic N) is 1. The van der Waals surface area contributed by atoms with Crippen molar-refractivity contribution in [3.63, 3.8) is 0 Å². The Morgan fingerprint density at radius 3 is 1.44 bits per heavy atom. The highest BCUT2D eigenvalue weighted by Gasteiger charge is 2.70. The average Bonchev–Trinajstić information content (AvgIpc) is 2.69. The van der Waals surface area contributed by atoms with E-state index in [-0.39, 0.29) is 0 Å². The topological polar surface area (TPSA) is 34.1 Å². The van der Waals surface area contributed by atoms with E-state index in [1.54, 1.807) is 0 Å². The molecule has 142 valence electrons. The Morgan fingerprint density at radius 1 is 0.840 bits per heavy atom. The second kappa shape index (κ2) is 8.43. The number of fused-ring (bicyclic) bond motifs is 1. The van der Waals surface area contributed by atoms with E-state index in [0.717, 1.165) is 0 Å². The van der Waals surface area contributed by atoms with E-state index in [1.807, 2.05) is 12.2 Å². The SMILES string of the molecule is O=C1C2CC=CCC2C(=O)[N+]1(SC(Cl)(Cl)C(Cl)Cl)SC(Cl)(Cl)C(Cl)Cl. The quantitative estimate of drug-likeness (QED) is 0.123. The first-order valence-electron chi connectivity index (χ1n) is 6.71. The first-order chi connectivity index (χ1) is 11.3. The number of halogens is 8. The fraction of sp³-hybridized carbons (Fsp3) is 0.667. The Bertz CT molecular complexity index is 548. The molecule has 1 saturated heterocycles. The summed E-state index contributed by atoms with van der Waals surface area (Å²) in [6, 6.07) is 0. The molecule has 0 radical (unpaired) electrons.